The molecule has 0 amide bonds. The molecule has 0 N–H and O–H groups in total. The molecule has 0 unspecified atom stereocenters. The summed E-state index contributed by atoms with van der Waals surface area (Å²) in [4.78, 5) is 11.0. The molecule has 1 aliphatic heterocycles. The predicted octanol–water partition coefficient (Wildman–Crippen LogP) is 2.50. The van der Waals surface area contributed by atoms with Crippen LogP contribution in [0.4, 0.5) is 13.2 Å². The van der Waals surface area contributed by atoms with Crippen LogP contribution in [0.2, 0.25) is 0 Å². The molecular formula is C11H9F3O2. The molecule has 0 aromatic heterocycles. The third-order valence-electron chi connectivity index (χ3n) is 2.50. The summed E-state index contributed by atoms with van der Waals surface area (Å²) in [5.41, 5.74) is 1.32. The summed E-state index contributed by atoms with van der Waals surface area (Å²) in [6, 6.07) is 4.03. The second-order valence-electron chi connectivity index (χ2n) is 3.61. The maximum Gasteiger partial charge on any atom is 0.454 e. The van der Waals surface area contributed by atoms with Crippen molar-refractivity contribution in [2.75, 3.05) is 6.61 Å². The highest BCUT2D eigenvalue weighted by molar-refractivity contribution is 6.00. The first-order valence-electron chi connectivity index (χ1n) is 4.79. The van der Waals surface area contributed by atoms with Gasteiger partial charge in [-0.05, 0) is 23.6 Å². The zero-order valence-corrected chi connectivity index (χ0v) is 8.30. The van der Waals surface area contributed by atoms with E-state index in [4.69, 9.17) is 4.74 Å². The third-order valence-corrected chi connectivity index (χ3v) is 2.50. The summed E-state index contributed by atoms with van der Waals surface area (Å²) >= 11 is 0. The van der Waals surface area contributed by atoms with Gasteiger partial charge in [0.05, 0.1) is 13.2 Å². The van der Waals surface area contributed by atoms with Gasteiger partial charge in [-0.25, -0.2) is 0 Å². The number of benzene rings is 1. The van der Waals surface area contributed by atoms with Gasteiger partial charge in [0.15, 0.2) is 0 Å². The van der Waals surface area contributed by atoms with E-state index in [9.17, 15) is 18.0 Å². The second kappa shape index (κ2) is 3.90. The molecule has 16 heavy (non-hydrogen) atoms. The van der Waals surface area contributed by atoms with Gasteiger partial charge in [-0.1, -0.05) is 12.1 Å². The van der Waals surface area contributed by atoms with Crippen LogP contribution in [0, 0.1) is 0 Å². The summed E-state index contributed by atoms with van der Waals surface area (Å²) < 4.78 is 41.7. The SMILES string of the molecule is O=C(c1ccc2c(c1)CCOC2)C(F)(F)F. The van der Waals surface area contributed by atoms with Crippen LogP contribution >= 0.6 is 0 Å². The number of Topliss-reactive ketones (excluding diaryl/α,β-unsaturated/α-hetero) is 1. The average Bonchev–Trinajstić information content (AvgIpc) is 2.26. The first-order valence-corrected chi connectivity index (χ1v) is 4.79. The molecule has 1 aromatic rings. The fourth-order valence-electron chi connectivity index (χ4n) is 1.67. The van der Waals surface area contributed by atoms with E-state index in [2.05, 4.69) is 0 Å². The molecule has 0 bridgehead atoms. The van der Waals surface area contributed by atoms with Gasteiger partial charge in [0.25, 0.3) is 5.78 Å². The summed E-state index contributed by atoms with van der Waals surface area (Å²) in [6.07, 6.45) is -4.26. The quantitative estimate of drug-likeness (QED) is 0.693. The first-order chi connectivity index (χ1) is 7.48. The van der Waals surface area contributed by atoms with Gasteiger partial charge in [0.2, 0.25) is 0 Å². The number of hydrogen-bond acceptors (Lipinski definition) is 2. The maximum atomic E-state index is 12.2. The molecule has 1 heterocycles. The Bertz CT molecular complexity index is 424. The molecule has 0 saturated carbocycles. The van der Waals surface area contributed by atoms with Gasteiger partial charge in [-0.2, -0.15) is 13.2 Å². The number of halogens is 3. The molecule has 86 valence electrons. The van der Waals surface area contributed by atoms with Crippen molar-refractivity contribution in [1.29, 1.82) is 0 Å². The Labute approximate surface area is 90.0 Å². The second-order valence-corrected chi connectivity index (χ2v) is 3.61. The van der Waals surface area contributed by atoms with Gasteiger partial charge >= 0.3 is 6.18 Å². The lowest BCUT2D eigenvalue weighted by Gasteiger charge is -2.17. The normalized spacial score (nSPS) is 15.7. The van der Waals surface area contributed by atoms with Gasteiger partial charge in [0.1, 0.15) is 0 Å². The van der Waals surface area contributed by atoms with Crippen molar-refractivity contribution < 1.29 is 22.7 Å². The molecule has 0 spiro atoms. The van der Waals surface area contributed by atoms with Crippen LogP contribution in [0.15, 0.2) is 18.2 Å². The smallest absolute Gasteiger partial charge is 0.376 e. The number of hydrogen-bond donors (Lipinski definition) is 0. The van der Waals surface area contributed by atoms with Crippen LogP contribution in [0.1, 0.15) is 21.5 Å². The first kappa shape index (κ1) is 11.1. The van der Waals surface area contributed by atoms with Gasteiger partial charge in [0, 0.05) is 5.56 Å². The van der Waals surface area contributed by atoms with E-state index < -0.39 is 12.0 Å². The lowest BCUT2D eigenvalue weighted by Crippen LogP contribution is -2.23. The number of ketones is 1. The van der Waals surface area contributed by atoms with Crippen LogP contribution < -0.4 is 0 Å². The average molecular weight is 230 g/mol. The van der Waals surface area contributed by atoms with Crippen molar-refractivity contribution in [1.82, 2.24) is 0 Å². The third kappa shape index (κ3) is 2.09. The molecule has 0 atom stereocenters. The number of alkyl halides is 3. The fraction of sp³-hybridized carbons (Fsp3) is 0.364. The fourth-order valence-corrected chi connectivity index (χ4v) is 1.67. The molecule has 0 saturated heterocycles. The monoisotopic (exact) mass is 230 g/mol. The lowest BCUT2D eigenvalue weighted by molar-refractivity contribution is -0.0885. The molecule has 1 aliphatic rings. The van der Waals surface area contributed by atoms with Crippen molar-refractivity contribution in [3.05, 3.63) is 34.9 Å². The number of carbonyl (C=O) groups excluding carboxylic acids is 1. The van der Waals surface area contributed by atoms with Gasteiger partial charge < -0.3 is 4.74 Å². The lowest BCUT2D eigenvalue weighted by atomic mass is 9.98. The Balaban J connectivity index is 2.34. The summed E-state index contributed by atoms with van der Waals surface area (Å²) in [7, 11) is 0. The van der Waals surface area contributed by atoms with Crippen LogP contribution in [0.5, 0.6) is 0 Å². The summed E-state index contributed by atoms with van der Waals surface area (Å²) in [6.45, 7) is 0.881. The van der Waals surface area contributed by atoms with Crippen LogP contribution in [0.25, 0.3) is 0 Å². The van der Waals surface area contributed by atoms with E-state index in [1.165, 1.54) is 18.2 Å². The van der Waals surface area contributed by atoms with Crippen LogP contribution in [0.3, 0.4) is 0 Å². The number of ether oxygens (including phenoxy) is 1. The maximum absolute atomic E-state index is 12.2. The summed E-state index contributed by atoms with van der Waals surface area (Å²) in [5, 5.41) is 0. The number of carbonyl (C=O) groups is 1. The molecular weight excluding hydrogens is 221 g/mol. The van der Waals surface area contributed by atoms with E-state index in [-0.39, 0.29) is 5.56 Å². The van der Waals surface area contributed by atoms with E-state index in [0.29, 0.717) is 19.6 Å². The van der Waals surface area contributed by atoms with Gasteiger partial charge in [-0.15, -0.1) is 0 Å². The Hall–Kier alpha value is -1.36. The van der Waals surface area contributed by atoms with Crippen LogP contribution in [-0.4, -0.2) is 18.6 Å². The van der Waals surface area contributed by atoms with Crippen molar-refractivity contribution in [2.24, 2.45) is 0 Å². The minimum atomic E-state index is -4.81. The minimum Gasteiger partial charge on any atom is -0.376 e. The van der Waals surface area contributed by atoms with Crippen molar-refractivity contribution >= 4 is 5.78 Å². The number of fused-ring (bicyclic) bond motifs is 1. The van der Waals surface area contributed by atoms with E-state index >= 15 is 0 Å². The highest BCUT2D eigenvalue weighted by atomic mass is 19.4. The highest BCUT2D eigenvalue weighted by Crippen LogP contribution is 2.24. The molecule has 0 radical (unpaired) electrons. The highest BCUT2D eigenvalue weighted by Gasteiger charge is 2.39. The largest absolute Gasteiger partial charge is 0.454 e. The van der Waals surface area contributed by atoms with E-state index in [0.717, 1.165) is 11.1 Å². The van der Waals surface area contributed by atoms with E-state index in [1.54, 1.807) is 0 Å². The topological polar surface area (TPSA) is 26.3 Å². The predicted molar refractivity (Wildman–Crippen MR) is 50.2 cm³/mol. The number of rotatable bonds is 1. The molecule has 1 aromatic carbocycles. The minimum absolute atomic E-state index is 0.298. The van der Waals surface area contributed by atoms with Crippen molar-refractivity contribution in [3.63, 3.8) is 0 Å². The molecule has 2 nitrogen and oxygen atoms in total. The Morgan fingerprint density at radius 3 is 2.69 bits per heavy atom. The molecule has 0 aliphatic carbocycles. The van der Waals surface area contributed by atoms with Crippen molar-refractivity contribution in [2.45, 2.75) is 19.2 Å². The molecule has 0 fully saturated rings. The Morgan fingerprint density at radius 1 is 1.25 bits per heavy atom. The van der Waals surface area contributed by atoms with Gasteiger partial charge in [-0.3, -0.25) is 4.79 Å². The molecule has 5 heteroatoms. The Kier molecular flexibility index (Phi) is 2.71. The standard InChI is InChI=1S/C11H9F3O2/c12-11(13,14)10(15)8-1-2-9-6-16-4-3-7(9)5-8/h1-2,5H,3-4,6H2. The zero-order valence-electron chi connectivity index (χ0n) is 8.30. The van der Waals surface area contributed by atoms with Crippen LogP contribution in [-0.2, 0) is 17.8 Å². The van der Waals surface area contributed by atoms with E-state index in [1.807, 2.05) is 0 Å². The van der Waals surface area contributed by atoms with Crippen molar-refractivity contribution in [3.8, 4) is 0 Å². The Morgan fingerprint density at radius 2 is 2.00 bits per heavy atom. The zero-order chi connectivity index (χ0) is 11.8. The summed E-state index contributed by atoms with van der Waals surface area (Å²) in [5.74, 6) is -1.79. The molecule has 2 rings (SSSR count).